The molecule has 0 saturated carbocycles. The molecule has 148 valence electrons. The molecule has 0 bridgehead atoms. The Morgan fingerprint density at radius 3 is 1.44 bits per heavy atom. The van der Waals surface area contributed by atoms with Gasteiger partial charge < -0.3 is 24.3 Å². The van der Waals surface area contributed by atoms with E-state index in [0.717, 1.165) is 34.1 Å². The van der Waals surface area contributed by atoms with Gasteiger partial charge in [0.2, 0.25) is 0 Å². The van der Waals surface area contributed by atoms with Crippen molar-refractivity contribution in [1.29, 1.82) is 0 Å². The molecule has 0 heterocycles. The Morgan fingerprint density at radius 1 is 0.704 bits per heavy atom. The van der Waals surface area contributed by atoms with Gasteiger partial charge in [0, 0.05) is 12.1 Å². The second-order valence-corrected chi connectivity index (χ2v) is 6.30. The maximum absolute atomic E-state index is 5.69. The predicted molar refractivity (Wildman–Crippen MR) is 108 cm³/mol. The van der Waals surface area contributed by atoms with Crippen LogP contribution in [0.5, 0.6) is 23.0 Å². The third-order valence-electron chi connectivity index (χ3n) is 4.48. The molecule has 5 nitrogen and oxygen atoms in total. The minimum atomic E-state index is 0.141. The first kappa shape index (κ1) is 20.9. The summed E-state index contributed by atoms with van der Waals surface area (Å²) in [7, 11) is 3.31. The fourth-order valence-corrected chi connectivity index (χ4v) is 3.03. The third kappa shape index (κ3) is 5.30. The van der Waals surface area contributed by atoms with E-state index in [1.165, 1.54) is 0 Å². The first-order chi connectivity index (χ1) is 13.0. The summed E-state index contributed by atoms with van der Waals surface area (Å²) in [5, 5.41) is 3.63. The fraction of sp³-hybridized carbons (Fsp3) is 0.455. The van der Waals surface area contributed by atoms with Gasteiger partial charge in [0.1, 0.15) is 0 Å². The van der Waals surface area contributed by atoms with Gasteiger partial charge in [0.15, 0.2) is 23.0 Å². The third-order valence-corrected chi connectivity index (χ3v) is 4.48. The molecule has 2 rings (SSSR count). The molecule has 0 spiro atoms. The Morgan fingerprint density at radius 2 is 1.11 bits per heavy atom. The number of hydrogen-bond acceptors (Lipinski definition) is 5. The van der Waals surface area contributed by atoms with Crippen LogP contribution in [0.25, 0.3) is 0 Å². The van der Waals surface area contributed by atoms with Crippen molar-refractivity contribution in [3.05, 3.63) is 47.5 Å². The molecule has 2 aromatic carbocycles. The van der Waals surface area contributed by atoms with Crippen molar-refractivity contribution < 1.29 is 18.9 Å². The quantitative estimate of drug-likeness (QED) is 0.641. The summed E-state index contributed by atoms with van der Waals surface area (Å²) in [5.74, 6) is 3.03. The van der Waals surface area contributed by atoms with E-state index in [9.17, 15) is 0 Å². The molecule has 0 aromatic heterocycles. The summed E-state index contributed by atoms with van der Waals surface area (Å²) in [4.78, 5) is 0. The number of benzene rings is 2. The SMILES string of the molecule is CCOc1cc(C(C)NC(C)c2ccc(OC)c(OCC)c2)ccc1OC. The minimum absolute atomic E-state index is 0.141. The molecule has 1 N–H and O–H groups in total. The second kappa shape index (κ2) is 10.1. The topological polar surface area (TPSA) is 49.0 Å². The van der Waals surface area contributed by atoms with Crippen molar-refractivity contribution in [2.24, 2.45) is 0 Å². The van der Waals surface area contributed by atoms with E-state index in [2.05, 4.69) is 31.3 Å². The zero-order chi connectivity index (χ0) is 19.8. The van der Waals surface area contributed by atoms with Gasteiger partial charge >= 0.3 is 0 Å². The van der Waals surface area contributed by atoms with E-state index in [4.69, 9.17) is 18.9 Å². The van der Waals surface area contributed by atoms with E-state index < -0.39 is 0 Å². The number of hydrogen-bond donors (Lipinski definition) is 1. The monoisotopic (exact) mass is 373 g/mol. The summed E-state index contributed by atoms with van der Waals surface area (Å²) >= 11 is 0. The molecule has 5 heteroatoms. The summed E-state index contributed by atoms with van der Waals surface area (Å²) in [6.07, 6.45) is 0. The highest BCUT2D eigenvalue weighted by molar-refractivity contribution is 5.45. The zero-order valence-electron chi connectivity index (χ0n) is 17.2. The zero-order valence-corrected chi connectivity index (χ0v) is 17.2. The highest BCUT2D eigenvalue weighted by Gasteiger charge is 2.15. The van der Waals surface area contributed by atoms with E-state index in [1.807, 2.05) is 38.1 Å². The van der Waals surface area contributed by atoms with Gasteiger partial charge in [0.25, 0.3) is 0 Å². The summed E-state index contributed by atoms with van der Waals surface area (Å²) in [6.45, 7) is 9.42. The van der Waals surface area contributed by atoms with Gasteiger partial charge in [0.05, 0.1) is 27.4 Å². The van der Waals surface area contributed by atoms with E-state index in [-0.39, 0.29) is 12.1 Å². The van der Waals surface area contributed by atoms with Crippen LogP contribution in [-0.4, -0.2) is 27.4 Å². The lowest BCUT2D eigenvalue weighted by atomic mass is 10.0. The molecule has 2 aromatic rings. The number of nitrogens with one attached hydrogen (secondary N) is 1. The predicted octanol–water partition coefficient (Wildman–Crippen LogP) is 4.91. The lowest BCUT2D eigenvalue weighted by Crippen LogP contribution is -2.22. The molecule has 27 heavy (non-hydrogen) atoms. The Balaban J connectivity index is 2.16. The normalized spacial score (nSPS) is 13.0. The molecule has 2 unspecified atom stereocenters. The highest BCUT2D eigenvalue weighted by Crippen LogP contribution is 2.33. The molecule has 2 atom stereocenters. The Kier molecular flexibility index (Phi) is 7.80. The van der Waals surface area contributed by atoms with Crippen LogP contribution in [0, 0.1) is 0 Å². The first-order valence-electron chi connectivity index (χ1n) is 9.41. The second-order valence-electron chi connectivity index (χ2n) is 6.30. The molecular formula is C22H31NO4. The van der Waals surface area contributed by atoms with Gasteiger partial charge in [-0.05, 0) is 63.1 Å². The maximum atomic E-state index is 5.69. The van der Waals surface area contributed by atoms with Crippen LogP contribution in [0.1, 0.15) is 50.9 Å². The lowest BCUT2D eigenvalue weighted by molar-refractivity contribution is 0.309. The molecule has 0 fully saturated rings. The lowest BCUT2D eigenvalue weighted by Gasteiger charge is -2.22. The van der Waals surface area contributed by atoms with Gasteiger partial charge in [-0.3, -0.25) is 0 Å². The maximum Gasteiger partial charge on any atom is 0.161 e. The van der Waals surface area contributed by atoms with Crippen LogP contribution >= 0.6 is 0 Å². The van der Waals surface area contributed by atoms with Crippen LogP contribution in [0.2, 0.25) is 0 Å². The summed E-state index contributed by atoms with van der Waals surface area (Å²) < 4.78 is 22.1. The van der Waals surface area contributed by atoms with Crippen LogP contribution in [0.3, 0.4) is 0 Å². The summed E-state index contributed by atoms with van der Waals surface area (Å²) in [6, 6.07) is 12.4. The van der Waals surface area contributed by atoms with Crippen molar-refractivity contribution in [3.63, 3.8) is 0 Å². The molecule has 0 aliphatic carbocycles. The number of methoxy groups -OCH3 is 2. The van der Waals surface area contributed by atoms with Crippen LogP contribution in [-0.2, 0) is 0 Å². The van der Waals surface area contributed by atoms with Gasteiger partial charge in [-0.15, -0.1) is 0 Å². The van der Waals surface area contributed by atoms with Crippen molar-refractivity contribution in [2.75, 3.05) is 27.4 Å². The molecule has 0 radical (unpaired) electrons. The van der Waals surface area contributed by atoms with Crippen LogP contribution in [0.4, 0.5) is 0 Å². The molecule has 0 saturated heterocycles. The minimum Gasteiger partial charge on any atom is -0.493 e. The van der Waals surface area contributed by atoms with Crippen LogP contribution in [0.15, 0.2) is 36.4 Å². The largest absolute Gasteiger partial charge is 0.493 e. The van der Waals surface area contributed by atoms with Crippen molar-refractivity contribution >= 4 is 0 Å². The Bertz CT molecular complexity index is 671. The number of ether oxygens (including phenoxy) is 4. The van der Waals surface area contributed by atoms with Gasteiger partial charge in [-0.1, -0.05) is 12.1 Å². The van der Waals surface area contributed by atoms with E-state index in [0.29, 0.717) is 13.2 Å². The van der Waals surface area contributed by atoms with E-state index >= 15 is 0 Å². The molecule has 0 aliphatic heterocycles. The smallest absolute Gasteiger partial charge is 0.161 e. The summed E-state index contributed by atoms with van der Waals surface area (Å²) in [5.41, 5.74) is 2.29. The Labute approximate surface area is 162 Å². The van der Waals surface area contributed by atoms with Crippen molar-refractivity contribution in [1.82, 2.24) is 5.32 Å². The molecule has 0 aliphatic rings. The van der Waals surface area contributed by atoms with Crippen LogP contribution < -0.4 is 24.3 Å². The van der Waals surface area contributed by atoms with Gasteiger partial charge in [-0.25, -0.2) is 0 Å². The molecule has 0 amide bonds. The standard InChI is InChI=1S/C22H31NO4/c1-7-26-21-13-17(9-11-19(21)24-5)15(3)23-16(4)18-10-12-20(25-6)22(14-18)27-8-2/h9-16,23H,7-8H2,1-6H3. The number of rotatable bonds is 10. The molecular weight excluding hydrogens is 342 g/mol. The Hall–Kier alpha value is -2.40. The van der Waals surface area contributed by atoms with Crippen molar-refractivity contribution in [2.45, 2.75) is 39.8 Å². The van der Waals surface area contributed by atoms with Crippen molar-refractivity contribution in [3.8, 4) is 23.0 Å². The van der Waals surface area contributed by atoms with E-state index in [1.54, 1.807) is 14.2 Å². The van der Waals surface area contributed by atoms with Gasteiger partial charge in [-0.2, -0.15) is 0 Å². The first-order valence-corrected chi connectivity index (χ1v) is 9.41. The average Bonchev–Trinajstić information content (AvgIpc) is 2.68. The highest BCUT2D eigenvalue weighted by atomic mass is 16.5. The average molecular weight is 373 g/mol. The fourth-order valence-electron chi connectivity index (χ4n) is 3.03.